The third-order valence-corrected chi connectivity index (χ3v) is 4.42. The normalized spacial score (nSPS) is 10.9. The molecule has 1 aromatic heterocycles. The van der Waals surface area contributed by atoms with Crippen LogP contribution >= 0.6 is 11.3 Å². The van der Waals surface area contributed by atoms with Crippen LogP contribution in [0.15, 0.2) is 35.7 Å². The van der Waals surface area contributed by atoms with Crippen LogP contribution in [0.3, 0.4) is 0 Å². The number of fused-ring (bicyclic) bond motifs is 1. The maximum Gasteiger partial charge on any atom is 0.133 e. The molecule has 0 atom stereocenters. The summed E-state index contributed by atoms with van der Waals surface area (Å²) in [6.07, 6.45) is 0. The highest BCUT2D eigenvalue weighted by Crippen LogP contribution is 2.42. The van der Waals surface area contributed by atoms with Crippen LogP contribution in [0.25, 0.3) is 22.0 Å². The monoisotopic (exact) mass is 328 g/mol. The fourth-order valence-electron chi connectivity index (χ4n) is 2.65. The number of thiazole rings is 1. The summed E-state index contributed by atoms with van der Waals surface area (Å²) in [5.74, 6) is 1.63. The molecule has 1 heterocycles. The number of aromatic nitrogens is 1. The van der Waals surface area contributed by atoms with Gasteiger partial charge in [0, 0.05) is 23.4 Å². The summed E-state index contributed by atoms with van der Waals surface area (Å²) in [4.78, 5) is 4.64. The highest BCUT2D eigenvalue weighted by atomic mass is 32.1. The van der Waals surface area contributed by atoms with Gasteiger partial charge in [0.05, 0.1) is 24.5 Å². The van der Waals surface area contributed by atoms with Crippen molar-refractivity contribution in [1.82, 2.24) is 4.98 Å². The van der Waals surface area contributed by atoms with Crippen molar-refractivity contribution in [2.45, 2.75) is 20.4 Å². The highest BCUT2D eigenvalue weighted by molar-refractivity contribution is 7.09. The number of benzene rings is 2. The van der Waals surface area contributed by atoms with Gasteiger partial charge in [-0.3, -0.25) is 0 Å². The largest absolute Gasteiger partial charge is 0.493 e. The molecule has 0 spiro atoms. The average molecular weight is 328 g/mol. The number of ether oxygens (including phenoxy) is 2. The van der Waals surface area contributed by atoms with Gasteiger partial charge in [0.25, 0.3) is 0 Å². The molecule has 23 heavy (non-hydrogen) atoms. The molecular weight excluding hydrogens is 308 g/mol. The van der Waals surface area contributed by atoms with Gasteiger partial charge in [-0.05, 0) is 19.2 Å². The van der Waals surface area contributed by atoms with Gasteiger partial charge in [-0.25, -0.2) is 4.98 Å². The quantitative estimate of drug-likeness (QED) is 0.736. The molecule has 0 saturated heterocycles. The van der Waals surface area contributed by atoms with Gasteiger partial charge >= 0.3 is 0 Å². The maximum atomic E-state index is 5.88. The van der Waals surface area contributed by atoms with Crippen molar-refractivity contribution in [3.8, 4) is 22.8 Å². The van der Waals surface area contributed by atoms with Crippen molar-refractivity contribution in [3.05, 3.63) is 40.7 Å². The van der Waals surface area contributed by atoms with Crippen LogP contribution in [0.2, 0.25) is 0 Å². The highest BCUT2D eigenvalue weighted by Gasteiger charge is 2.17. The standard InChI is InChI=1S/C18H20N2O2S/c1-3-21-15-9-16(22-4-2)18(13-8-6-5-7-12(13)15)14-11-23-17(10-19)20-14/h5-9,11H,3-4,10,19H2,1-2H3. The van der Waals surface area contributed by atoms with Crippen molar-refractivity contribution < 1.29 is 9.47 Å². The first kappa shape index (κ1) is 15.8. The molecular formula is C18H20N2O2S. The Labute approximate surface area is 139 Å². The third-order valence-electron chi connectivity index (χ3n) is 3.55. The predicted molar refractivity (Wildman–Crippen MR) is 95.3 cm³/mol. The third kappa shape index (κ3) is 3.02. The van der Waals surface area contributed by atoms with Crippen LogP contribution in [0.4, 0.5) is 0 Å². The number of nitrogens with two attached hydrogens (primary N) is 1. The molecule has 2 N–H and O–H groups in total. The predicted octanol–water partition coefficient (Wildman–Crippen LogP) is 4.22. The Morgan fingerprint density at radius 2 is 1.74 bits per heavy atom. The first-order valence-electron chi connectivity index (χ1n) is 7.74. The van der Waals surface area contributed by atoms with Crippen LogP contribution in [0, 0.1) is 0 Å². The number of hydrogen-bond donors (Lipinski definition) is 1. The summed E-state index contributed by atoms with van der Waals surface area (Å²) in [7, 11) is 0. The van der Waals surface area contributed by atoms with Gasteiger partial charge in [-0.15, -0.1) is 11.3 Å². The van der Waals surface area contributed by atoms with Crippen LogP contribution in [-0.2, 0) is 6.54 Å². The molecule has 2 aromatic carbocycles. The summed E-state index contributed by atoms with van der Waals surface area (Å²) in [6, 6.07) is 10.1. The summed E-state index contributed by atoms with van der Waals surface area (Å²) < 4.78 is 11.7. The topological polar surface area (TPSA) is 57.4 Å². The number of hydrogen-bond acceptors (Lipinski definition) is 5. The Bertz CT molecular complexity index is 814. The summed E-state index contributed by atoms with van der Waals surface area (Å²) in [5, 5.41) is 5.10. The van der Waals surface area contributed by atoms with Crippen molar-refractivity contribution in [1.29, 1.82) is 0 Å². The lowest BCUT2D eigenvalue weighted by Crippen LogP contribution is -1.99. The molecule has 0 bridgehead atoms. The van der Waals surface area contributed by atoms with E-state index in [2.05, 4.69) is 17.1 Å². The van der Waals surface area contributed by atoms with Crippen LogP contribution in [0.1, 0.15) is 18.9 Å². The van der Waals surface area contributed by atoms with Gasteiger partial charge in [-0.1, -0.05) is 24.3 Å². The zero-order valence-electron chi connectivity index (χ0n) is 13.3. The second-order valence-corrected chi connectivity index (χ2v) is 5.93. The lowest BCUT2D eigenvalue weighted by atomic mass is 10.0. The van der Waals surface area contributed by atoms with Crippen LogP contribution in [0.5, 0.6) is 11.5 Å². The molecule has 0 aliphatic heterocycles. The fourth-order valence-corrected chi connectivity index (χ4v) is 3.31. The molecule has 0 saturated carbocycles. The molecule has 0 fully saturated rings. The summed E-state index contributed by atoms with van der Waals surface area (Å²) in [6.45, 7) is 5.61. The lowest BCUT2D eigenvalue weighted by molar-refractivity contribution is 0.327. The Kier molecular flexibility index (Phi) is 4.79. The zero-order valence-corrected chi connectivity index (χ0v) is 14.2. The maximum absolute atomic E-state index is 5.88. The minimum absolute atomic E-state index is 0.448. The average Bonchev–Trinajstić information content (AvgIpc) is 3.04. The first-order chi connectivity index (χ1) is 11.3. The molecule has 3 rings (SSSR count). The van der Waals surface area contributed by atoms with E-state index in [-0.39, 0.29) is 0 Å². The van der Waals surface area contributed by atoms with E-state index in [1.807, 2.05) is 37.4 Å². The van der Waals surface area contributed by atoms with E-state index in [0.29, 0.717) is 19.8 Å². The summed E-state index contributed by atoms with van der Waals surface area (Å²) in [5.41, 5.74) is 7.61. The molecule has 0 aliphatic carbocycles. The second-order valence-electron chi connectivity index (χ2n) is 4.99. The van der Waals surface area contributed by atoms with E-state index in [4.69, 9.17) is 15.2 Å². The van der Waals surface area contributed by atoms with E-state index in [9.17, 15) is 0 Å². The van der Waals surface area contributed by atoms with Gasteiger partial charge in [0.1, 0.15) is 16.5 Å². The van der Waals surface area contributed by atoms with Gasteiger partial charge in [0.15, 0.2) is 0 Å². The molecule has 4 nitrogen and oxygen atoms in total. The lowest BCUT2D eigenvalue weighted by Gasteiger charge is -2.16. The van der Waals surface area contributed by atoms with E-state index < -0.39 is 0 Å². The van der Waals surface area contributed by atoms with Gasteiger partial charge in [-0.2, -0.15) is 0 Å². The van der Waals surface area contributed by atoms with Crippen molar-refractivity contribution >= 4 is 22.1 Å². The number of rotatable bonds is 6. The molecule has 120 valence electrons. The van der Waals surface area contributed by atoms with Crippen LogP contribution < -0.4 is 15.2 Å². The van der Waals surface area contributed by atoms with E-state index in [1.165, 1.54) is 0 Å². The van der Waals surface area contributed by atoms with Crippen LogP contribution in [-0.4, -0.2) is 18.2 Å². The smallest absolute Gasteiger partial charge is 0.133 e. The Hall–Kier alpha value is -2.11. The molecule has 0 unspecified atom stereocenters. The summed E-state index contributed by atoms with van der Waals surface area (Å²) >= 11 is 1.57. The Morgan fingerprint density at radius 1 is 1.04 bits per heavy atom. The molecule has 3 aromatic rings. The van der Waals surface area contributed by atoms with Crippen molar-refractivity contribution in [2.75, 3.05) is 13.2 Å². The first-order valence-corrected chi connectivity index (χ1v) is 8.62. The molecule has 0 aliphatic rings. The van der Waals surface area contributed by atoms with E-state index >= 15 is 0 Å². The van der Waals surface area contributed by atoms with E-state index in [1.54, 1.807) is 11.3 Å². The molecule has 0 amide bonds. The van der Waals surface area contributed by atoms with Gasteiger partial charge < -0.3 is 15.2 Å². The number of nitrogens with zero attached hydrogens (tertiary/aromatic N) is 1. The SMILES string of the molecule is CCOc1cc(OCC)c2ccccc2c1-c1csc(CN)n1. The second kappa shape index (κ2) is 6.98. The van der Waals surface area contributed by atoms with Gasteiger partial charge in [0.2, 0.25) is 0 Å². The van der Waals surface area contributed by atoms with Crippen molar-refractivity contribution in [3.63, 3.8) is 0 Å². The minimum atomic E-state index is 0.448. The molecule has 0 radical (unpaired) electrons. The minimum Gasteiger partial charge on any atom is -0.493 e. The zero-order chi connectivity index (χ0) is 16.2. The van der Waals surface area contributed by atoms with E-state index in [0.717, 1.165) is 38.5 Å². The Balaban J connectivity index is 2.29. The fraction of sp³-hybridized carbons (Fsp3) is 0.278. The molecule has 5 heteroatoms. The Morgan fingerprint density at radius 3 is 2.39 bits per heavy atom. The van der Waals surface area contributed by atoms with Crippen molar-refractivity contribution in [2.24, 2.45) is 5.73 Å².